The van der Waals surface area contributed by atoms with Crippen LogP contribution in [0.5, 0.6) is 0 Å². The Bertz CT molecular complexity index is 829. The van der Waals surface area contributed by atoms with Gasteiger partial charge in [-0.15, -0.1) is 0 Å². The Labute approximate surface area is 154 Å². The topological polar surface area (TPSA) is 61.4 Å². The van der Waals surface area contributed by atoms with Gasteiger partial charge in [0.05, 0.1) is 5.56 Å². The van der Waals surface area contributed by atoms with Gasteiger partial charge < -0.3 is 15.5 Å². The molecule has 142 valence electrons. The minimum Gasteiger partial charge on any atom is -0.339 e. The zero-order valence-corrected chi connectivity index (χ0v) is 14.3. The van der Waals surface area contributed by atoms with Gasteiger partial charge >= 0.3 is 12.2 Å². The van der Waals surface area contributed by atoms with E-state index in [0.717, 1.165) is 38.1 Å². The first-order chi connectivity index (χ1) is 12.8. The molecule has 3 rings (SSSR count). The van der Waals surface area contributed by atoms with E-state index < -0.39 is 17.8 Å². The predicted molar refractivity (Wildman–Crippen MR) is 95.7 cm³/mol. The highest BCUT2D eigenvalue weighted by Crippen LogP contribution is 2.30. The van der Waals surface area contributed by atoms with Crippen molar-refractivity contribution in [2.75, 3.05) is 23.7 Å². The Morgan fingerprint density at radius 1 is 0.889 bits per heavy atom. The molecular formula is C19H18F3N3O2. The fourth-order valence-electron chi connectivity index (χ4n) is 2.87. The first-order valence-corrected chi connectivity index (χ1v) is 8.47. The van der Waals surface area contributed by atoms with Gasteiger partial charge in [0.1, 0.15) is 0 Å². The van der Waals surface area contributed by atoms with Crippen LogP contribution in [0.2, 0.25) is 0 Å². The minimum absolute atomic E-state index is 0.0307. The zero-order chi connectivity index (χ0) is 19.4. The summed E-state index contributed by atoms with van der Waals surface area (Å²) < 4.78 is 38.1. The number of hydrogen-bond acceptors (Lipinski definition) is 2. The lowest BCUT2D eigenvalue weighted by atomic mass is 10.2. The maximum atomic E-state index is 12.7. The molecule has 1 aliphatic heterocycles. The average Bonchev–Trinajstić information content (AvgIpc) is 3.16. The standard InChI is InChI=1S/C19H18F3N3O2/c20-19(21,22)14-4-3-5-16(12-14)24-18(27)23-15-8-6-13(7-9-15)17(26)25-10-1-2-11-25/h3-9,12H,1-2,10-11H2,(H2,23,24,27). The molecule has 0 bridgehead atoms. The number of nitrogens with zero attached hydrogens (tertiary/aromatic N) is 1. The summed E-state index contributed by atoms with van der Waals surface area (Å²) in [7, 11) is 0. The van der Waals surface area contributed by atoms with E-state index in [-0.39, 0.29) is 11.6 Å². The summed E-state index contributed by atoms with van der Waals surface area (Å²) in [5, 5.41) is 4.89. The molecule has 27 heavy (non-hydrogen) atoms. The molecule has 0 radical (unpaired) electrons. The molecule has 0 aliphatic carbocycles. The number of urea groups is 1. The van der Waals surface area contributed by atoms with Crippen molar-refractivity contribution in [3.8, 4) is 0 Å². The predicted octanol–water partition coefficient (Wildman–Crippen LogP) is 4.59. The summed E-state index contributed by atoms with van der Waals surface area (Å²) in [5.74, 6) is -0.0486. The van der Waals surface area contributed by atoms with Crippen molar-refractivity contribution >= 4 is 23.3 Å². The van der Waals surface area contributed by atoms with Gasteiger partial charge in [-0.3, -0.25) is 4.79 Å². The minimum atomic E-state index is -4.48. The lowest BCUT2D eigenvalue weighted by Crippen LogP contribution is -2.27. The van der Waals surface area contributed by atoms with E-state index in [1.54, 1.807) is 29.2 Å². The van der Waals surface area contributed by atoms with Gasteiger partial charge in [-0.1, -0.05) is 6.07 Å². The lowest BCUT2D eigenvalue weighted by Gasteiger charge is -2.15. The number of rotatable bonds is 3. The van der Waals surface area contributed by atoms with Crippen LogP contribution in [0, 0.1) is 0 Å². The maximum absolute atomic E-state index is 12.7. The molecule has 8 heteroatoms. The molecule has 0 saturated carbocycles. The third-order valence-electron chi connectivity index (χ3n) is 4.23. The van der Waals surface area contributed by atoms with Crippen LogP contribution < -0.4 is 10.6 Å². The first kappa shape index (κ1) is 18.8. The molecule has 1 aliphatic rings. The van der Waals surface area contributed by atoms with Crippen LogP contribution in [-0.4, -0.2) is 29.9 Å². The second-order valence-corrected chi connectivity index (χ2v) is 6.23. The molecule has 0 atom stereocenters. The highest BCUT2D eigenvalue weighted by atomic mass is 19.4. The highest BCUT2D eigenvalue weighted by molar-refractivity contribution is 6.00. The van der Waals surface area contributed by atoms with Crippen LogP contribution in [0.1, 0.15) is 28.8 Å². The van der Waals surface area contributed by atoms with E-state index in [1.807, 2.05) is 0 Å². The highest BCUT2D eigenvalue weighted by Gasteiger charge is 2.30. The zero-order valence-electron chi connectivity index (χ0n) is 14.3. The van der Waals surface area contributed by atoms with Crippen molar-refractivity contribution in [3.63, 3.8) is 0 Å². The third-order valence-corrected chi connectivity index (χ3v) is 4.23. The molecule has 1 fully saturated rings. The first-order valence-electron chi connectivity index (χ1n) is 8.47. The molecular weight excluding hydrogens is 359 g/mol. The van der Waals surface area contributed by atoms with Crippen molar-refractivity contribution < 1.29 is 22.8 Å². The van der Waals surface area contributed by atoms with Crippen molar-refractivity contribution in [1.29, 1.82) is 0 Å². The van der Waals surface area contributed by atoms with Crippen LogP contribution in [-0.2, 0) is 6.18 Å². The van der Waals surface area contributed by atoms with Crippen LogP contribution >= 0.6 is 0 Å². The number of alkyl halides is 3. The number of anilines is 2. The average molecular weight is 377 g/mol. The Kier molecular flexibility index (Phi) is 5.34. The number of benzene rings is 2. The molecule has 2 aromatic rings. The fourth-order valence-corrected chi connectivity index (χ4v) is 2.87. The largest absolute Gasteiger partial charge is 0.416 e. The van der Waals surface area contributed by atoms with Gasteiger partial charge in [-0.25, -0.2) is 4.79 Å². The number of nitrogens with one attached hydrogen (secondary N) is 2. The Morgan fingerprint density at radius 3 is 2.15 bits per heavy atom. The van der Waals surface area contributed by atoms with Crippen molar-refractivity contribution in [1.82, 2.24) is 4.90 Å². The molecule has 1 saturated heterocycles. The SMILES string of the molecule is O=C(Nc1ccc(C(=O)N2CCCC2)cc1)Nc1cccc(C(F)(F)F)c1. The number of carbonyl (C=O) groups is 2. The molecule has 2 aromatic carbocycles. The van der Waals surface area contributed by atoms with Gasteiger partial charge in [0.15, 0.2) is 0 Å². The van der Waals surface area contributed by atoms with Gasteiger partial charge in [-0.05, 0) is 55.3 Å². The number of halogens is 3. The van der Waals surface area contributed by atoms with E-state index >= 15 is 0 Å². The molecule has 0 aromatic heterocycles. The molecule has 0 spiro atoms. The summed E-state index contributed by atoms with van der Waals surface area (Å²) in [4.78, 5) is 26.0. The second kappa shape index (κ2) is 7.69. The molecule has 1 heterocycles. The van der Waals surface area contributed by atoms with E-state index in [1.165, 1.54) is 12.1 Å². The van der Waals surface area contributed by atoms with Crippen molar-refractivity contribution in [3.05, 3.63) is 59.7 Å². The van der Waals surface area contributed by atoms with Crippen molar-refractivity contribution in [2.24, 2.45) is 0 Å². The van der Waals surface area contributed by atoms with Crippen LogP contribution in [0.25, 0.3) is 0 Å². The van der Waals surface area contributed by atoms with E-state index in [9.17, 15) is 22.8 Å². The van der Waals surface area contributed by atoms with Gasteiger partial charge in [-0.2, -0.15) is 13.2 Å². The van der Waals surface area contributed by atoms with Crippen LogP contribution in [0.3, 0.4) is 0 Å². The molecule has 3 amide bonds. The molecule has 5 nitrogen and oxygen atoms in total. The maximum Gasteiger partial charge on any atom is 0.416 e. The number of amides is 3. The van der Waals surface area contributed by atoms with Gasteiger partial charge in [0.2, 0.25) is 0 Å². The van der Waals surface area contributed by atoms with E-state index in [0.29, 0.717) is 11.3 Å². The van der Waals surface area contributed by atoms with Gasteiger partial charge in [0, 0.05) is 30.0 Å². The van der Waals surface area contributed by atoms with Crippen LogP contribution in [0.4, 0.5) is 29.3 Å². The summed E-state index contributed by atoms with van der Waals surface area (Å²) >= 11 is 0. The van der Waals surface area contributed by atoms with Gasteiger partial charge in [0.25, 0.3) is 5.91 Å². The number of hydrogen-bond donors (Lipinski definition) is 2. The number of likely N-dealkylation sites (tertiary alicyclic amines) is 1. The Hall–Kier alpha value is -3.03. The normalized spacial score (nSPS) is 14.1. The monoisotopic (exact) mass is 377 g/mol. The van der Waals surface area contributed by atoms with E-state index in [2.05, 4.69) is 10.6 Å². The molecule has 0 unspecified atom stereocenters. The van der Waals surface area contributed by atoms with Crippen LogP contribution in [0.15, 0.2) is 48.5 Å². The summed E-state index contributed by atoms with van der Waals surface area (Å²) in [6.07, 6.45) is -2.48. The number of carbonyl (C=O) groups excluding carboxylic acids is 2. The van der Waals surface area contributed by atoms with Crippen molar-refractivity contribution in [2.45, 2.75) is 19.0 Å². The second-order valence-electron chi connectivity index (χ2n) is 6.23. The Morgan fingerprint density at radius 2 is 1.52 bits per heavy atom. The third kappa shape index (κ3) is 4.78. The quantitative estimate of drug-likeness (QED) is 0.822. The molecule has 2 N–H and O–H groups in total. The van der Waals surface area contributed by atoms with E-state index in [4.69, 9.17) is 0 Å². The summed E-state index contributed by atoms with van der Waals surface area (Å²) in [6.45, 7) is 1.50. The fraction of sp³-hybridized carbons (Fsp3) is 0.263. The Balaban J connectivity index is 1.60. The summed E-state index contributed by atoms with van der Waals surface area (Å²) in [6, 6.07) is 10.1. The lowest BCUT2D eigenvalue weighted by molar-refractivity contribution is -0.137. The smallest absolute Gasteiger partial charge is 0.339 e. The summed E-state index contributed by atoms with van der Waals surface area (Å²) in [5.41, 5.74) is 0.145.